The zero-order valence-corrected chi connectivity index (χ0v) is 15.2. The summed E-state index contributed by atoms with van der Waals surface area (Å²) in [6.45, 7) is 7.91. The van der Waals surface area contributed by atoms with E-state index in [-0.39, 0.29) is 12.2 Å². The highest BCUT2D eigenvalue weighted by atomic mass is 16.6. The fourth-order valence-electron chi connectivity index (χ4n) is 3.02. The molecule has 2 heterocycles. The van der Waals surface area contributed by atoms with Crippen LogP contribution in [0.3, 0.4) is 0 Å². The van der Waals surface area contributed by atoms with Crippen molar-refractivity contribution in [1.29, 1.82) is 0 Å². The Morgan fingerprint density at radius 2 is 2.04 bits per heavy atom. The van der Waals surface area contributed by atoms with Crippen molar-refractivity contribution in [3.05, 3.63) is 36.0 Å². The molecule has 5 heteroatoms. The minimum Gasteiger partial charge on any atom is -0.488 e. The van der Waals surface area contributed by atoms with Gasteiger partial charge in [0.25, 0.3) is 0 Å². The molecule has 2 aromatic rings. The molecule has 0 unspecified atom stereocenters. The molecule has 25 heavy (non-hydrogen) atoms. The lowest BCUT2D eigenvalue weighted by Crippen LogP contribution is -2.42. The number of likely N-dealkylation sites (tertiary alicyclic amines) is 1. The maximum Gasteiger partial charge on any atom is 0.409 e. The second kappa shape index (κ2) is 7.72. The molecular weight excluding hydrogens is 316 g/mol. The number of aryl methyl sites for hydroxylation is 1. The van der Waals surface area contributed by atoms with Crippen LogP contribution in [0.25, 0.3) is 10.9 Å². The molecule has 0 spiro atoms. The van der Waals surface area contributed by atoms with E-state index in [0.717, 1.165) is 35.1 Å². The average molecular weight is 342 g/mol. The Kier molecular flexibility index (Phi) is 5.41. The third kappa shape index (κ3) is 4.21. The monoisotopic (exact) mass is 342 g/mol. The molecule has 0 N–H and O–H groups in total. The van der Waals surface area contributed by atoms with Gasteiger partial charge >= 0.3 is 6.09 Å². The summed E-state index contributed by atoms with van der Waals surface area (Å²) >= 11 is 0. The van der Waals surface area contributed by atoms with E-state index in [1.165, 1.54) is 0 Å². The Morgan fingerprint density at radius 1 is 1.28 bits per heavy atom. The third-order valence-corrected chi connectivity index (χ3v) is 4.45. The molecular formula is C20H26N2O3. The van der Waals surface area contributed by atoms with Gasteiger partial charge in [-0.25, -0.2) is 4.79 Å². The second-order valence-electron chi connectivity index (χ2n) is 7.06. The molecule has 1 fully saturated rings. The number of carbonyl (C=O) groups is 1. The Labute approximate surface area is 148 Å². The van der Waals surface area contributed by atoms with Crippen LogP contribution in [0.1, 0.15) is 32.3 Å². The van der Waals surface area contributed by atoms with Crippen molar-refractivity contribution in [1.82, 2.24) is 9.88 Å². The first kappa shape index (κ1) is 17.5. The smallest absolute Gasteiger partial charge is 0.409 e. The van der Waals surface area contributed by atoms with Gasteiger partial charge in [0.15, 0.2) is 0 Å². The third-order valence-electron chi connectivity index (χ3n) is 4.45. The molecule has 0 saturated carbocycles. The fourth-order valence-corrected chi connectivity index (χ4v) is 3.02. The number of fused-ring (bicyclic) bond motifs is 1. The van der Waals surface area contributed by atoms with Crippen molar-refractivity contribution in [2.45, 2.75) is 39.7 Å². The second-order valence-corrected chi connectivity index (χ2v) is 7.06. The molecule has 0 atom stereocenters. The van der Waals surface area contributed by atoms with Crippen molar-refractivity contribution >= 4 is 17.0 Å². The number of aromatic nitrogens is 1. The van der Waals surface area contributed by atoms with Crippen LogP contribution in [0.2, 0.25) is 0 Å². The predicted octanol–water partition coefficient (Wildman–Crippen LogP) is 4.18. The first-order valence-corrected chi connectivity index (χ1v) is 8.97. The van der Waals surface area contributed by atoms with Gasteiger partial charge in [-0.15, -0.1) is 0 Å². The summed E-state index contributed by atoms with van der Waals surface area (Å²) in [5.41, 5.74) is 1.99. The zero-order chi connectivity index (χ0) is 17.8. The standard InChI is InChI=1S/C20H26N2O3/c1-14(2)13-24-20(23)22-11-8-17(9-12-22)25-19-15(3)6-7-16-5-4-10-21-18(16)19/h4-7,10,14,17H,8-9,11-13H2,1-3H3. The Balaban J connectivity index is 1.61. The van der Waals surface area contributed by atoms with Crippen LogP contribution in [0, 0.1) is 12.8 Å². The molecule has 1 aromatic carbocycles. The lowest BCUT2D eigenvalue weighted by molar-refractivity contribution is 0.0620. The molecule has 1 aliphatic rings. The summed E-state index contributed by atoms with van der Waals surface area (Å²) in [5.74, 6) is 1.21. The van der Waals surface area contributed by atoms with Crippen LogP contribution < -0.4 is 4.74 Å². The summed E-state index contributed by atoms with van der Waals surface area (Å²) in [4.78, 5) is 18.3. The van der Waals surface area contributed by atoms with E-state index in [9.17, 15) is 4.79 Å². The zero-order valence-electron chi connectivity index (χ0n) is 15.2. The summed E-state index contributed by atoms with van der Waals surface area (Å²) in [7, 11) is 0. The van der Waals surface area contributed by atoms with Crippen LogP contribution in [-0.2, 0) is 4.74 Å². The van der Waals surface area contributed by atoms with Crippen LogP contribution in [-0.4, -0.2) is 41.8 Å². The van der Waals surface area contributed by atoms with E-state index < -0.39 is 0 Å². The number of ether oxygens (including phenoxy) is 2. The van der Waals surface area contributed by atoms with Crippen LogP contribution in [0.15, 0.2) is 30.5 Å². The maximum atomic E-state index is 12.0. The number of hydrogen-bond acceptors (Lipinski definition) is 4. The topological polar surface area (TPSA) is 51.7 Å². The number of pyridine rings is 1. The number of hydrogen-bond donors (Lipinski definition) is 0. The number of piperidine rings is 1. The van der Waals surface area contributed by atoms with Gasteiger partial charge in [-0.05, 0) is 24.5 Å². The lowest BCUT2D eigenvalue weighted by Gasteiger charge is -2.32. The fraction of sp³-hybridized carbons (Fsp3) is 0.500. The van der Waals surface area contributed by atoms with E-state index in [2.05, 4.69) is 17.1 Å². The SMILES string of the molecule is Cc1ccc2cccnc2c1OC1CCN(C(=O)OCC(C)C)CC1. The summed E-state index contributed by atoms with van der Waals surface area (Å²) in [6, 6.07) is 8.11. The van der Waals surface area contributed by atoms with Gasteiger partial charge in [0.05, 0.1) is 6.61 Å². The van der Waals surface area contributed by atoms with Gasteiger partial charge in [-0.1, -0.05) is 32.0 Å². The Bertz CT molecular complexity index is 737. The number of amides is 1. The molecule has 1 aromatic heterocycles. The molecule has 1 aliphatic heterocycles. The Morgan fingerprint density at radius 3 is 2.76 bits per heavy atom. The van der Waals surface area contributed by atoms with Crippen molar-refractivity contribution in [2.24, 2.45) is 5.92 Å². The lowest BCUT2D eigenvalue weighted by atomic mass is 10.1. The Hall–Kier alpha value is -2.30. The van der Waals surface area contributed by atoms with E-state index in [1.807, 2.05) is 32.9 Å². The maximum absolute atomic E-state index is 12.0. The van der Waals surface area contributed by atoms with E-state index in [1.54, 1.807) is 11.1 Å². The number of rotatable bonds is 4. The molecule has 1 amide bonds. The summed E-state index contributed by atoms with van der Waals surface area (Å²) in [5, 5.41) is 1.08. The molecule has 0 radical (unpaired) electrons. The van der Waals surface area contributed by atoms with Crippen molar-refractivity contribution < 1.29 is 14.3 Å². The minimum absolute atomic E-state index is 0.0976. The van der Waals surface area contributed by atoms with Gasteiger partial charge in [-0.3, -0.25) is 4.98 Å². The van der Waals surface area contributed by atoms with Crippen LogP contribution in [0.4, 0.5) is 4.79 Å². The van der Waals surface area contributed by atoms with Gasteiger partial charge < -0.3 is 14.4 Å². The highest BCUT2D eigenvalue weighted by molar-refractivity contribution is 5.85. The van der Waals surface area contributed by atoms with Crippen molar-refractivity contribution in [3.8, 4) is 5.75 Å². The largest absolute Gasteiger partial charge is 0.488 e. The molecule has 1 saturated heterocycles. The van der Waals surface area contributed by atoms with Gasteiger partial charge in [0.2, 0.25) is 0 Å². The van der Waals surface area contributed by atoms with Crippen molar-refractivity contribution in [3.63, 3.8) is 0 Å². The summed E-state index contributed by atoms with van der Waals surface area (Å²) < 4.78 is 11.6. The number of benzene rings is 1. The van der Waals surface area contributed by atoms with E-state index in [4.69, 9.17) is 9.47 Å². The molecule has 5 nitrogen and oxygen atoms in total. The van der Waals surface area contributed by atoms with Gasteiger partial charge in [0, 0.05) is 37.5 Å². The number of carbonyl (C=O) groups excluding carboxylic acids is 1. The normalized spacial score (nSPS) is 15.6. The van der Waals surface area contributed by atoms with Crippen molar-refractivity contribution in [2.75, 3.05) is 19.7 Å². The average Bonchev–Trinajstić information content (AvgIpc) is 2.62. The van der Waals surface area contributed by atoms with E-state index >= 15 is 0 Å². The van der Waals surface area contributed by atoms with Gasteiger partial charge in [0.1, 0.15) is 17.4 Å². The molecule has 3 rings (SSSR count). The van der Waals surface area contributed by atoms with Crippen LogP contribution >= 0.6 is 0 Å². The quantitative estimate of drug-likeness (QED) is 0.836. The molecule has 134 valence electrons. The predicted molar refractivity (Wildman–Crippen MR) is 97.9 cm³/mol. The first-order chi connectivity index (χ1) is 12.0. The minimum atomic E-state index is -0.213. The summed E-state index contributed by atoms with van der Waals surface area (Å²) in [6.07, 6.45) is 3.29. The van der Waals surface area contributed by atoms with Crippen LogP contribution in [0.5, 0.6) is 5.75 Å². The van der Waals surface area contributed by atoms with E-state index in [0.29, 0.717) is 25.6 Å². The number of nitrogens with zero attached hydrogens (tertiary/aromatic N) is 2. The highest BCUT2D eigenvalue weighted by Gasteiger charge is 2.26. The first-order valence-electron chi connectivity index (χ1n) is 8.97. The van der Waals surface area contributed by atoms with Gasteiger partial charge in [-0.2, -0.15) is 0 Å². The molecule has 0 bridgehead atoms. The molecule has 0 aliphatic carbocycles. The highest BCUT2D eigenvalue weighted by Crippen LogP contribution is 2.30.